The van der Waals surface area contributed by atoms with E-state index >= 15 is 0 Å². The second-order valence-corrected chi connectivity index (χ2v) is 13.9. The molecule has 1 heterocycles. The van der Waals surface area contributed by atoms with Gasteiger partial charge in [0.1, 0.15) is 24.2 Å². The summed E-state index contributed by atoms with van der Waals surface area (Å²) in [7, 11) is 6.71. The van der Waals surface area contributed by atoms with E-state index in [1.165, 1.54) is 21.7 Å². The summed E-state index contributed by atoms with van der Waals surface area (Å²) in [5.74, 6) is -3.18. The molecular formula is C38H55N5O6. The molecule has 11 nitrogen and oxygen atoms in total. The van der Waals surface area contributed by atoms with E-state index in [0.29, 0.717) is 32.2 Å². The fraction of sp³-hybridized carbons (Fsp3) is 0.553. The van der Waals surface area contributed by atoms with Gasteiger partial charge in [0.2, 0.25) is 23.6 Å². The Morgan fingerprint density at radius 3 is 1.88 bits per heavy atom. The summed E-state index contributed by atoms with van der Waals surface area (Å²) in [6.07, 6.45) is 2.24. The van der Waals surface area contributed by atoms with Crippen molar-refractivity contribution in [2.45, 2.75) is 90.0 Å². The standard InChI is InChI=1S/C38H55N5O6/c1-9-26(4)33(38(48)49)42(8)36(46)30-21-16-22-43(30)37(47)32(25(2)3)41(7)35(45)29(23-27-17-12-10-13-18-27)39-34(44)31(40(5)6)24-28-19-14-11-15-20-28/h10-15,17-20,25-26,29-33H,9,16,21-24H2,1-8H3,(H,39,44)(H,48,49)/t26?,29-,30+,31+,32+,33+/m1/s1. The third-order valence-electron chi connectivity index (χ3n) is 9.77. The van der Waals surface area contributed by atoms with Gasteiger partial charge in [0.05, 0.1) is 6.04 Å². The summed E-state index contributed by atoms with van der Waals surface area (Å²) in [5, 5.41) is 12.9. The first-order valence-electron chi connectivity index (χ1n) is 17.3. The van der Waals surface area contributed by atoms with Crippen molar-refractivity contribution in [3.8, 4) is 0 Å². The number of nitrogens with one attached hydrogen (secondary N) is 1. The van der Waals surface area contributed by atoms with Crippen molar-refractivity contribution in [2.24, 2.45) is 11.8 Å². The van der Waals surface area contributed by atoms with Gasteiger partial charge >= 0.3 is 5.97 Å². The highest BCUT2D eigenvalue weighted by Crippen LogP contribution is 2.26. The number of likely N-dealkylation sites (N-methyl/N-ethyl adjacent to an activating group) is 3. The Balaban J connectivity index is 1.89. The van der Waals surface area contributed by atoms with Crippen LogP contribution in [0, 0.1) is 11.8 Å². The Kier molecular flexibility index (Phi) is 14.4. The van der Waals surface area contributed by atoms with Gasteiger partial charge in [0.15, 0.2) is 0 Å². The number of nitrogens with zero attached hydrogens (tertiary/aromatic N) is 4. The van der Waals surface area contributed by atoms with Crippen molar-refractivity contribution in [3.63, 3.8) is 0 Å². The van der Waals surface area contributed by atoms with Crippen molar-refractivity contribution in [1.82, 2.24) is 24.9 Å². The molecule has 0 radical (unpaired) electrons. The average molecular weight is 678 g/mol. The lowest BCUT2D eigenvalue weighted by Gasteiger charge is -2.38. The number of benzene rings is 2. The molecule has 0 bridgehead atoms. The van der Waals surface area contributed by atoms with E-state index < -0.39 is 48.0 Å². The molecule has 268 valence electrons. The number of carbonyl (C=O) groups excluding carboxylic acids is 4. The topological polar surface area (TPSA) is 131 Å². The minimum absolute atomic E-state index is 0.224. The second kappa shape index (κ2) is 17.9. The predicted octanol–water partition coefficient (Wildman–Crippen LogP) is 3.32. The zero-order valence-corrected chi connectivity index (χ0v) is 30.3. The molecule has 2 aromatic carbocycles. The molecule has 1 unspecified atom stereocenters. The number of likely N-dealkylation sites (tertiary alicyclic amines) is 1. The number of hydrogen-bond acceptors (Lipinski definition) is 6. The molecular weight excluding hydrogens is 622 g/mol. The lowest BCUT2D eigenvalue weighted by molar-refractivity contribution is -0.156. The molecule has 0 aromatic heterocycles. The molecule has 1 aliphatic rings. The van der Waals surface area contributed by atoms with Crippen LogP contribution in [0.15, 0.2) is 60.7 Å². The molecule has 1 saturated heterocycles. The van der Waals surface area contributed by atoms with E-state index in [9.17, 15) is 29.1 Å². The molecule has 6 atom stereocenters. The number of carboxylic acid groups (broad SMARTS) is 1. The van der Waals surface area contributed by atoms with Crippen molar-refractivity contribution < 1.29 is 29.1 Å². The monoisotopic (exact) mass is 677 g/mol. The van der Waals surface area contributed by atoms with Crippen LogP contribution in [0.4, 0.5) is 0 Å². The first-order chi connectivity index (χ1) is 23.2. The molecule has 2 aromatic rings. The SMILES string of the molecule is CCC(C)[C@@H](C(=O)O)N(C)C(=O)[C@@H]1CCCN1C(=O)[C@H](C(C)C)N(C)C(=O)[C@@H](Cc1ccccc1)NC(=O)[C@H](Cc1ccccc1)N(C)C. The van der Waals surface area contributed by atoms with Gasteiger partial charge in [-0.25, -0.2) is 4.79 Å². The maximum Gasteiger partial charge on any atom is 0.326 e. The molecule has 1 aliphatic heterocycles. The molecule has 3 rings (SSSR count). The van der Waals surface area contributed by atoms with Crippen LogP contribution >= 0.6 is 0 Å². The van der Waals surface area contributed by atoms with Crippen molar-refractivity contribution in [1.29, 1.82) is 0 Å². The predicted molar refractivity (Wildman–Crippen MR) is 189 cm³/mol. The number of rotatable bonds is 16. The minimum atomic E-state index is -1.08. The van der Waals surface area contributed by atoms with E-state index in [0.717, 1.165) is 11.1 Å². The van der Waals surface area contributed by atoms with Crippen LogP contribution in [0.3, 0.4) is 0 Å². The van der Waals surface area contributed by atoms with Crippen LogP contribution in [0.2, 0.25) is 0 Å². The van der Waals surface area contributed by atoms with Gasteiger partial charge < -0.3 is 25.1 Å². The van der Waals surface area contributed by atoms with Crippen LogP contribution in [0.1, 0.15) is 58.1 Å². The number of aliphatic carboxylic acids is 1. The highest BCUT2D eigenvalue weighted by Gasteiger charge is 2.44. The summed E-state index contributed by atoms with van der Waals surface area (Å²) in [4.78, 5) is 74.4. The number of carbonyl (C=O) groups is 5. The highest BCUT2D eigenvalue weighted by molar-refractivity contribution is 5.96. The van der Waals surface area contributed by atoms with Gasteiger partial charge in [0.25, 0.3) is 0 Å². The molecule has 49 heavy (non-hydrogen) atoms. The quantitative estimate of drug-likeness (QED) is 0.279. The Bertz CT molecular complexity index is 1420. The first-order valence-corrected chi connectivity index (χ1v) is 17.3. The summed E-state index contributed by atoms with van der Waals surface area (Å²) in [5.41, 5.74) is 1.85. The smallest absolute Gasteiger partial charge is 0.326 e. The van der Waals surface area contributed by atoms with Crippen LogP contribution in [0.5, 0.6) is 0 Å². The third-order valence-corrected chi connectivity index (χ3v) is 9.77. The van der Waals surface area contributed by atoms with Crippen LogP contribution in [-0.4, -0.2) is 119 Å². The van der Waals surface area contributed by atoms with Crippen LogP contribution in [-0.2, 0) is 36.8 Å². The van der Waals surface area contributed by atoms with Crippen molar-refractivity contribution in [2.75, 3.05) is 34.7 Å². The Morgan fingerprint density at radius 1 is 0.837 bits per heavy atom. The van der Waals surface area contributed by atoms with Crippen molar-refractivity contribution >= 4 is 29.6 Å². The molecule has 0 aliphatic carbocycles. The molecule has 0 spiro atoms. The molecule has 2 N–H and O–H groups in total. The fourth-order valence-corrected chi connectivity index (χ4v) is 6.79. The highest BCUT2D eigenvalue weighted by atomic mass is 16.4. The van der Waals surface area contributed by atoms with Gasteiger partial charge in [0, 0.05) is 27.1 Å². The second-order valence-electron chi connectivity index (χ2n) is 13.9. The minimum Gasteiger partial charge on any atom is -0.480 e. The summed E-state index contributed by atoms with van der Waals surface area (Å²) in [6, 6.07) is 14.8. The van der Waals surface area contributed by atoms with Gasteiger partial charge in [-0.3, -0.25) is 24.1 Å². The third kappa shape index (κ3) is 9.90. The Hall–Kier alpha value is -4.25. The Morgan fingerprint density at radius 2 is 1.39 bits per heavy atom. The summed E-state index contributed by atoms with van der Waals surface area (Å²) >= 11 is 0. The fourth-order valence-electron chi connectivity index (χ4n) is 6.79. The van der Waals surface area contributed by atoms with Crippen molar-refractivity contribution in [3.05, 3.63) is 71.8 Å². The lowest BCUT2D eigenvalue weighted by Crippen LogP contribution is -2.60. The van der Waals surface area contributed by atoms with Crippen LogP contribution in [0.25, 0.3) is 0 Å². The maximum atomic E-state index is 14.4. The van der Waals surface area contributed by atoms with E-state index in [4.69, 9.17) is 0 Å². The number of hydrogen-bond donors (Lipinski definition) is 2. The Labute approximate surface area is 291 Å². The maximum absolute atomic E-state index is 14.4. The molecule has 1 fully saturated rings. The van der Waals surface area contributed by atoms with Gasteiger partial charge in [-0.1, -0.05) is 94.8 Å². The average Bonchev–Trinajstić information content (AvgIpc) is 3.56. The normalized spacial score (nSPS) is 17.6. The summed E-state index contributed by atoms with van der Waals surface area (Å²) < 4.78 is 0. The number of amides is 4. The van der Waals surface area contributed by atoms with Crippen LogP contribution < -0.4 is 5.32 Å². The van der Waals surface area contributed by atoms with E-state index in [1.54, 1.807) is 14.0 Å². The molecule has 4 amide bonds. The molecule has 11 heteroatoms. The van der Waals surface area contributed by atoms with E-state index in [1.807, 2.05) is 100 Å². The zero-order chi connectivity index (χ0) is 36.4. The number of carboxylic acids is 1. The van der Waals surface area contributed by atoms with Gasteiger partial charge in [-0.15, -0.1) is 0 Å². The lowest BCUT2D eigenvalue weighted by atomic mass is 9.96. The summed E-state index contributed by atoms with van der Waals surface area (Å²) in [6.45, 7) is 7.69. The zero-order valence-electron chi connectivity index (χ0n) is 30.3. The molecule has 0 saturated carbocycles. The van der Waals surface area contributed by atoms with E-state index in [-0.39, 0.29) is 30.1 Å². The first kappa shape index (κ1) is 39.2. The van der Waals surface area contributed by atoms with Gasteiger partial charge in [-0.2, -0.15) is 0 Å². The largest absolute Gasteiger partial charge is 0.480 e. The van der Waals surface area contributed by atoms with E-state index in [2.05, 4.69) is 5.32 Å². The van der Waals surface area contributed by atoms with Gasteiger partial charge in [-0.05, 0) is 56.3 Å².